The van der Waals surface area contributed by atoms with Crippen molar-refractivity contribution in [3.05, 3.63) is 42.5 Å². The fourth-order valence-electron chi connectivity index (χ4n) is 4.79. The van der Waals surface area contributed by atoms with Gasteiger partial charge in [0.25, 0.3) is 0 Å². The molecule has 2 saturated heterocycles. The predicted octanol–water partition coefficient (Wildman–Crippen LogP) is 2.56. The van der Waals surface area contributed by atoms with Crippen molar-refractivity contribution >= 4 is 17.5 Å². The molecule has 4 N–H and O–H groups in total. The van der Waals surface area contributed by atoms with Gasteiger partial charge >= 0.3 is 6.03 Å². The van der Waals surface area contributed by atoms with E-state index in [1.807, 2.05) is 41.3 Å². The standard InChI is InChI=1S/C22H27N5O2/c23-19-6-7-20(14-4-2-1-3-5-14)25-21(19)26-22(28)27-10-15-8-17(9-16(15)11-27)24-18-12-29-13-18/h1-7,15-18,24H,8-13,23H2,(H,25,26,28). The van der Waals surface area contributed by atoms with E-state index in [9.17, 15) is 4.79 Å². The van der Waals surface area contributed by atoms with Gasteiger partial charge in [-0.3, -0.25) is 5.32 Å². The summed E-state index contributed by atoms with van der Waals surface area (Å²) in [5.74, 6) is 1.57. The number of carbonyl (C=O) groups is 1. The van der Waals surface area contributed by atoms with Gasteiger partial charge in [0.15, 0.2) is 5.82 Å². The molecule has 3 aliphatic rings. The van der Waals surface area contributed by atoms with Crippen molar-refractivity contribution in [1.82, 2.24) is 15.2 Å². The summed E-state index contributed by atoms with van der Waals surface area (Å²) in [7, 11) is 0. The Bertz CT molecular complexity index is 872. The highest BCUT2D eigenvalue weighted by molar-refractivity contribution is 5.92. The molecule has 152 valence electrons. The monoisotopic (exact) mass is 393 g/mol. The number of likely N-dealkylation sites (tertiary alicyclic amines) is 1. The van der Waals surface area contributed by atoms with E-state index < -0.39 is 0 Å². The molecule has 3 heterocycles. The predicted molar refractivity (Wildman–Crippen MR) is 112 cm³/mol. The highest BCUT2D eigenvalue weighted by atomic mass is 16.5. The lowest BCUT2D eigenvalue weighted by atomic mass is 10.0. The van der Waals surface area contributed by atoms with E-state index in [4.69, 9.17) is 10.5 Å². The number of urea groups is 1. The summed E-state index contributed by atoms with van der Waals surface area (Å²) in [6, 6.07) is 14.5. The van der Waals surface area contributed by atoms with Gasteiger partial charge in [-0.15, -0.1) is 0 Å². The first-order valence-corrected chi connectivity index (χ1v) is 10.4. The molecule has 2 amide bonds. The molecule has 1 aromatic carbocycles. The van der Waals surface area contributed by atoms with E-state index in [1.165, 1.54) is 0 Å². The highest BCUT2D eigenvalue weighted by Crippen LogP contribution is 2.38. The third-order valence-corrected chi connectivity index (χ3v) is 6.37. The number of rotatable bonds is 4. The molecule has 0 bridgehead atoms. The Morgan fingerprint density at radius 1 is 1.03 bits per heavy atom. The second-order valence-electron chi connectivity index (χ2n) is 8.43. The minimum absolute atomic E-state index is 0.110. The van der Waals surface area contributed by atoms with Gasteiger partial charge in [0, 0.05) is 24.7 Å². The second-order valence-corrected chi connectivity index (χ2v) is 8.43. The third-order valence-electron chi connectivity index (χ3n) is 6.37. The number of amides is 2. The number of ether oxygens (including phenoxy) is 1. The van der Waals surface area contributed by atoms with Gasteiger partial charge in [-0.2, -0.15) is 0 Å². The van der Waals surface area contributed by atoms with E-state index in [-0.39, 0.29) is 6.03 Å². The quantitative estimate of drug-likeness (QED) is 0.742. The third kappa shape index (κ3) is 3.80. The van der Waals surface area contributed by atoms with Gasteiger partial charge in [-0.25, -0.2) is 9.78 Å². The zero-order valence-corrected chi connectivity index (χ0v) is 16.4. The molecule has 0 spiro atoms. The van der Waals surface area contributed by atoms with Crippen LogP contribution in [0.2, 0.25) is 0 Å². The van der Waals surface area contributed by atoms with Crippen LogP contribution in [0.15, 0.2) is 42.5 Å². The SMILES string of the molecule is Nc1ccc(-c2ccccc2)nc1NC(=O)N1CC2CC(NC3COC3)CC2C1. The largest absolute Gasteiger partial charge is 0.396 e. The Morgan fingerprint density at radius 3 is 2.41 bits per heavy atom. The van der Waals surface area contributed by atoms with E-state index in [0.29, 0.717) is 35.4 Å². The number of fused-ring (bicyclic) bond motifs is 1. The molecule has 7 heteroatoms. The minimum atomic E-state index is -0.110. The van der Waals surface area contributed by atoms with Crippen molar-refractivity contribution in [3.63, 3.8) is 0 Å². The summed E-state index contributed by atoms with van der Waals surface area (Å²) < 4.78 is 5.25. The van der Waals surface area contributed by atoms with Crippen molar-refractivity contribution < 1.29 is 9.53 Å². The number of benzene rings is 1. The van der Waals surface area contributed by atoms with Crippen LogP contribution in [0, 0.1) is 11.8 Å². The van der Waals surface area contributed by atoms with Crippen LogP contribution in [0.3, 0.4) is 0 Å². The van der Waals surface area contributed by atoms with E-state index >= 15 is 0 Å². The Labute approximate surface area is 170 Å². The number of hydrogen-bond donors (Lipinski definition) is 3. The van der Waals surface area contributed by atoms with Crippen molar-refractivity contribution in [1.29, 1.82) is 0 Å². The van der Waals surface area contributed by atoms with Gasteiger partial charge in [0.2, 0.25) is 0 Å². The Morgan fingerprint density at radius 2 is 1.76 bits per heavy atom. The molecule has 0 radical (unpaired) electrons. The number of anilines is 2. The summed E-state index contributed by atoms with van der Waals surface area (Å²) in [4.78, 5) is 19.3. The van der Waals surface area contributed by atoms with Gasteiger partial charge in [-0.1, -0.05) is 30.3 Å². The molecule has 2 aliphatic heterocycles. The molecule has 2 atom stereocenters. The summed E-state index contributed by atoms with van der Waals surface area (Å²) in [5.41, 5.74) is 8.34. The number of hydrogen-bond acceptors (Lipinski definition) is 5. The van der Waals surface area contributed by atoms with Crippen LogP contribution in [0.5, 0.6) is 0 Å². The normalized spacial score (nSPS) is 26.2. The van der Waals surface area contributed by atoms with Crippen LogP contribution in [0.25, 0.3) is 11.3 Å². The fraction of sp³-hybridized carbons (Fsp3) is 0.455. The Balaban J connectivity index is 1.21. The first kappa shape index (κ1) is 18.4. The van der Waals surface area contributed by atoms with Crippen molar-refractivity contribution in [3.8, 4) is 11.3 Å². The maximum Gasteiger partial charge on any atom is 0.323 e. The summed E-state index contributed by atoms with van der Waals surface area (Å²) in [6.07, 6.45) is 2.27. The number of nitrogens with two attached hydrogens (primary N) is 1. The topological polar surface area (TPSA) is 92.5 Å². The van der Waals surface area contributed by atoms with E-state index in [1.54, 1.807) is 6.07 Å². The molecule has 1 aromatic heterocycles. The van der Waals surface area contributed by atoms with Crippen LogP contribution in [0.4, 0.5) is 16.3 Å². The van der Waals surface area contributed by atoms with Crippen molar-refractivity contribution in [2.45, 2.75) is 24.9 Å². The van der Waals surface area contributed by atoms with Crippen LogP contribution in [-0.2, 0) is 4.74 Å². The second kappa shape index (κ2) is 7.65. The molecule has 3 fully saturated rings. The average Bonchev–Trinajstić information content (AvgIpc) is 3.26. The number of nitrogen functional groups attached to an aromatic ring is 1. The summed E-state index contributed by atoms with van der Waals surface area (Å²) >= 11 is 0. The number of pyridine rings is 1. The molecule has 1 aliphatic carbocycles. The van der Waals surface area contributed by atoms with Crippen LogP contribution >= 0.6 is 0 Å². The Kier molecular flexibility index (Phi) is 4.85. The van der Waals surface area contributed by atoms with Crippen LogP contribution in [0.1, 0.15) is 12.8 Å². The number of nitrogens with zero attached hydrogens (tertiary/aromatic N) is 2. The van der Waals surface area contributed by atoms with Crippen molar-refractivity contribution in [2.24, 2.45) is 11.8 Å². The number of carbonyl (C=O) groups excluding carboxylic acids is 1. The molecule has 2 aromatic rings. The highest BCUT2D eigenvalue weighted by Gasteiger charge is 2.43. The first-order valence-electron chi connectivity index (χ1n) is 10.4. The smallest absolute Gasteiger partial charge is 0.323 e. The first-order chi connectivity index (χ1) is 14.2. The van der Waals surface area contributed by atoms with Gasteiger partial charge in [0.05, 0.1) is 30.6 Å². The number of aromatic nitrogens is 1. The molecule has 5 rings (SSSR count). The fourth-order valence-corrected chi connectivity index (χ4v) is 4.79. The molecular weight excluding hydrogens is 366 g/mol. The van der Waals surface area contributed by atoms with Crippen molar-refractivity contribution in [2.75, 3.05) is 37.4 Å². The van der Waals surface area contributed by atoms with Crippen LogP contribution in [-0.4, -0.2) is 54.3 Å². The molecule has 29 heavy (non-hydrogen) atoms. The Hall–Kier alpha value is -2.64. The van der Waals surface area contributed by atoms with Gasteiger partial charge in [0.1, 0.15) is 0 Å². The lowest BCUT2D eigenvalue weighted by molar-refractivity contribution is -0.0101. The average molecular weight is 393 g/mol. The zero-order valence-electron chi connectivity index (χ0n) is 16.4. The molecule has 2 unspecified atom stereocenters. The molecule has 1 saturated carbocycles. The number of nitrogens with one attached hydrogen (secondary N) is 2. The van der Waals surface area contributed by atoms with E-state index in [0.717, 1.165) is 50.4 Å². The summed E-state index contributed by atoms with van der Waals surface area (Å²) in [5, 5.41) is 6.62. The lowest BCUT2D eigenvalue weighted by Crippen LogP contribution is -2.50. The van der Waals surface area contributed by atoms with Gasteiger partial charge < -0.3 is 20.7 Å². The van der Waals surface area contributed by atoms with E-state index in [2.05, 4.69) is 15.6 Å². The molecule has 7 nitrogen and oxygen atoms in total. The maximum atomic E-state index is 12.8. The molecular formula is C22H27N5O2. The maximum absolute atomic E-state index is 12.8. The minimum Gasteiger partial charge on any atom is -0.396 e. The summed E-state index contributed by atoms with van der Waals surface area (Å²) in [6.45, 7) is 3.26. The zero-order chi connectivity index (χ0) is 19.8. The van der Waals surface area contributed by atoms with Gasteiger partial charge in [-0.05, 0) is 36.8 Å². The lowest BCUT2D eigenvalue weighted by Gasteiger charge is -2.30. The van der Waals surface area contributed by atoms with Crippen LogP contribution < -0.4 is 16.4 Å².